The lowest BCUT2D eigenvalue weighted by Crippen LogP contribution is -2.41. The van der Waals surface area contributed by atoms with Gasteiger partial charge in [0.2, 0.25) is 0 Å². The molecule has 1 aromatic carbocycles. The quantitative estimate of drug-likeness (QED) is 0.528. The van der Waals surface area contributed by atoms with Crippen LogP contribution in [0.1, 0.15) is 75.6 Å². The summed E-state index contributed by atoms with van der Waals surface area (Å²) in [6.45, 7) is 7.53. The number of amides is 1. The molecule has 32 heavy (non-hydrogen) atoms. The molecule has 5 nitrogen and oxygen atoms in total. The third-order valence-electron chi connectivity index (χ3n) is 7.77. The first-order valence-corrected chi connectivity index (χ1v) is 12.2. The molecular weight excluding hydrogens is 407 g/mol. The van der Waals surface area contributed by atoms with Crippen molar-refractivity contribution in [2.75, 3.05) is 33.3 Å². The van der Waals surface area contributed by atoms with Crippen molar-refractivity contribution >= 4 is 11.7 Å². The third-order valence-corrected chi connectivity index (χ3v) is 7.77. The van der Waals surface area contributed by atoms with Crippen molar-refractivity contribution in [2.24, 2.45) is 17.3 Å². The van der Waals surface area contributed by atoms with Crippen LogP contribution in [-0.4, -0.2) is 49.9 Å². The van der Waals surface area contributed by atoms with Gasteiger partial charge >= 0.3 is 0 Å². The Balaban J connectivity index is 1.35. The van der Waals surface area contributed by atoms with E-state index in [1.165, 1.54) is 44.9 Å². The molecule has 3 rings (SSSR count). The summed E-state index contributed by atoms with van der Waals surface area (Å²) >= 11 is 0. The lowest BCUT2D eigenvalue weighted by molar-refractivity contribution is -0.121. The van der Waals surface area contributed by atoms with Crippen LogP contribution < -0.4 is 10.1 Å². The van der Waals surface area contributed by atoms with Crippen LogP contribution in [0, 0.1) is 23.1 Å². The number of halogens is 1. The molecule has 178 valence electrons. The molecular formula is C26H39FN2O3. The van der Waals surface area contributed by atoms with Gasteiger partial charge in [0, 0.05) is 24.6 Å². The number of Topliss-reactive ketones (excluding diaryl/α,β-unsaturated/α-hetero) is 1. The van der Waals surface area contributed by atoms with E-state index >= 15 is 0 Å². The Labute approximate surface area is 192 Å². The van der Waals surface area contributed by atoms with Gasteiger partial charge in [-0.3, -0.25) is 14.5 Å². The topological polar surface area (TPSA) is 58.6 Å². The first kappa shape index (κ1) is 24.7. The van der Waals surface area contributed by atoms with Crippen LogP contribution in [0.15, 0.2) is 18.2 Å². The average Bonchev–Trinajstić information content (AvgIpc) is 2.77. The number of hydrogen-bond acceptors (Lipinski definition) is 4. The summed E-state index contributed by atoms with van der Waals surface area (Å²) in [4.78, 5) is 27.2. The highest BCUT2D eigenvalue weighted by atomic mass is 19.1. The Bertz CT molecular complexity index is 785. The van der Waals surface area contributed by atoms with Gasteiger partial charge in [-0.2, -0.15) is 0 Å². The van der Waals surface area contributed by atoms with Crippen molar-refractivity contribution in [3.05, 3.63) is 29.6 Å². The Hall–Kier alpha value is -1.95. The molecule has 0 bridgehead atoms. The van der Waals surface area contributed by atoms with E-state index in [9.17, 15) is 14.0 Å². The second-order valence-corrected chi connectivity index (χ2v) is 10.00. The number of rotatable bonds is 11. The second kappa shape index (κ2) is 11.3. The minimum Gasteiger partial charge on any atom is -0.497 e. The lowest BCUT2D eigenvalue weighted by atomic mass is 9.60. The van der Waals surface area contributed by atoms with Gasteiger partial charge in [0.05, 0.1) is 13.7 Å². The number of carbonyl (C=O) groups excluding carboxylic acids is 2. The van der Waals surface area contributed by atoms with Crippen molar-refractivity contribution in [3.63, 3.8) is 0 Å². The molecule has 1 unspecified atom stereocenters. The van der Waals surface area contributed by atoms with E-state index in [1.54, 1.807) is 6.07 Å². The van der Waals surface area contributed by atoms with Crippen LogP contribution in [0.4, 0.5) is 4.39 Å². The standard InChI is InChI=1S/C26H39FN2O3/c1-4-21(26(2)10-5-11-26)6-7-23(30)18-29-12-8-19(9-13-29)17-28-25(31)20-14-22(27)16-24(15-20)32-3/h14-16,19,21H,4-13,17-18H2,1-3H3,(H,28,31). The smallest absolute Gasteiger partial charge is 0.251 e. The third kappa shape index (κ3) is 6.53. The van der Waals surface area contributed by atoms with E-state index in [-0.39, 0.29) is 11.5 Å². The number of methoxy groups -OCH3 is 1. The normalized spacial score (nSPS) is 19.8. The van der Waals surface area contributed by atoms with Gasteiger partial charge in [-0.15, -0.1) is 0 Å². The summed E-state index contributed by atoms with van der Waals surface area (Å²) in [5.74, 6) is 0.973. The average molecular weight is 447 g/mol. The molecule has 1 saturated heterocycles. The zero-order chi connectivity index (χ0) is 23.1. The molecule has 0 aromatic heterocycles. The molecule has 0 radical (unpaired) electrons. The zero-order valence-corrected chi connectivity index (χ0v) is 19.9. The van der Waals surface area contributed by atoms with Crippen LogP contribution in [0.3, 0.4) is 0 Å². The Morgan fingerprint density at radius 3 is 2.56 bits per heavy atom. The van der Waals surface area contributed by atoms with Gasteiger partial charge < -0.3 is 10.1 Å². The highest BCUT2D eigenvalue weighted by Gasteiger charge is 2.38. The molecule has 1 aromatic rings. The highest BCUT2D eigenvalue weighted by molar-refractivity contribution is 5.94. The largest absolute Gasteiger partial charge is 0.497 e. The lowest BCUT2D eigenvalue weighted by Gasteiger charge is -2.45. The van der Waals surface area contributed by atoms with Gasteiger partial charge in [-0.25, -0.2) is 4.39 Å². The Morgan fingerprint density at radius 2 is 1.97 bits per heavy atom. The van der Waals surface area contributed by atoms with Crippen LogP contribution in [0.5, 0.6) is 5.75 Å². The maximum absolute atomic E-state index is 13.6. The number of ether oxygens (including phenoxy) is 1. The van der Waals surface area contributed by atoms with Gasteiger partial charge in [-0.1, -0.05) is 26.7 Å². The molecule has 2 aliphatic rings. The summed E-state index contributed by atoms with van der Waals surface area (Å²) in [7, 11) is 1.45. The summed E-state index contributed by atoms with van der Waals surface area (Å²) in [6, 6.07) is 4.02. The molecule has 1 aliphatic heterocycles. The van der Waals surface area contributed by atoms with Crippen LogP contribution in [0.25, 0.3) is 0 Å². The fourth-order valence-corrected chi connectivity index (χ4v) is 5.35. The minimum atomic E-state index is -0.487. The molecule has 1 saturated carbocycles. The van der Waals surface area contributed by atoms with Gasteiger partial charge in [-0.05, 0) is 74.6 Å². The van der Waals surface area contributed by atoms with Gasteiger partial charge in [0.25, 0.3) is 5.91 Å². The number of nitrogens with one attached hydrogen (secondary N) is 1. The first-order chi connectivity index (χ1) is 15.3. The van der Waals surface area contributed by atoms with Crippen molar-refractivity contribution in [2.45, 2.75) is 65.2 Å². The number of hydrogen-bond donors (Lipinski definition) is 1. The van der Waals surface area contributed by atoms with E-state index in [1.807, 2.05) is 0 Å². The number of nitrogens with zero attached hydrogens (tertiary/aromatic N) is 1. The molecule has 2 fully saturated rings. The summed E-state index contributed by atoms with van der Waals surface area (Å²) in [5, 5.41) is 2.92. The molecule has 6 heteroatoms. The van der Waals surface area contributed by atoms with Gasteiger partial charge in [0.1, 0.15) is 17.3 Å². The van der Waals surface area contributed by atoms with Crippen LogP contribution in [-0.2, 0) is 4.79 Å². The summed E-state index contributed by atoms with van der Waals surface area (Å²) < 4.78 is 18.7. The summed E-state index contributed by atoms with van der Waals surface area (Å²) in [5.41, 5.74) is 0.736. The Morgan fingerprint density at radius 1 is 1.25 bits per heavy atom. The summed E-state index contributed by atoms with van der Waals surface area (Å²) in [6.07, 6.45) is 8.77. The van der Waals surface area contributed by atoms with E-state index in [0.29, 0.717) is 48.3 Å². The van der Waals surface area contributed by atoms with Crippen molar-refractivity contribution in [1.82, 2.24) is 10.2 Å². The Kier molecular flexibility index (Phi) is 8.69. The number of carbonyl (C=O) groups is 2. The minimum absolute atomic E-state index is 0.269. The fraction of sp³-hybridized carbons (Fsp3) is 0.692. The zero-order valence-electron chi connectivity index (χ0n) is 19.9. The first-order valence-electron chi connectivity index (χ1n) is 12.2. The van der Waals surface area contributed by atoms with E-state index in [0.717, 1.165) is 32.4 Å². The van der Waals surface area contributed by atoms with E-state index in [2.05, 4.69) is 24.1 Å². The second-order valence-electron chi connectivity index (χ2n) is 10.00. The maximum atomic E-state index is 13.6. The predicted molar refractivity (Wildman–Crippen MR) is 124 cm³/mol. The molecule has 1 aliphatic carbocycles. The molecule has 1 N–H and O–H groups in total. The molecule has 0 spiro atoms. The highest BCUT2D eigenvalue weighted by Crippen LogP contribution is 2.49. The van der Waals surface area contributed by atoms with Crippen molar-refractivity contribution < 1.29 is 18.7 Å². The number of likely N-dealkylation sites (tertiary alicyclic amines) is 1. The predicted octanol–water partition coefficient (Wildman–Crippen LogP) is 4.84. The fourth-order valence-electron chi connectivity index (χ4n) is 5.35. The number of piperidine rings is 1. The SMILES string of the molecule is CCC(CCC(=O)CN1CCC(CNC(=O)c2cc(F)cc(OC)c2)CC1)C1(C)CCC1. The van der Waals surface area contributed by atoms with Crippen LogP contribution >= 0.6 is 0 Å². The van der Waals surface area contributed by atoms with Crippen molar-refractivity contribution in [3.8, 4) is 5.75 Å². The molecule has 1 atom stereocenters. The number of benzene rings is 1. The van der Waals surface area contributed by atoms with E-state index < -0.39 is 5.82 Å². The van der Waals surface area contributed by atoms with E-state index in [4.69, 9.17) is 4.74 Å². The van der Waals surface area contributed by atoms with Crippen molar-refractivity contribution in [1.29, 1.82) is 0 Å². The van der Waals surface area contributed by atoms with Crippen LogP contribution in [0.2, 0.25) is 0 Å². The molecule has 1 amide bonds. The molecule has 1 heterocycles. The number of ketones is 1. The van der Waals surface area contributed by atoms with Gasteiger partial charge in [0.15, 0.2) is 0 Å². The monoisotopic (exact) mass is 446 g/mol. The maximum Gasteiger partial charge on any atom is 0.251 e.